The number of urea groups is 1. The lowest BCUT2D eigenvalue weighted by atomic mass is 10.1. The van der Waals surface area contributed by atoms with E-state index in [-0.39, 0.29) is 30.5 Å². The predicted molar refractivity (Wildman–Crippen MR) is 113 cm³/mol. The van der Waals surface area contributed by atoms with Crippen LogP contribution in [0.15, 0.2) is 42.5 Å². The second kappa shape index (κ2) is 9.69. The quantitative estimate of drug-likeness (QED) is 0.734. The van der Waals surface area contributed by atoms with Gasteiger partial charge in [0.1, 0.15) is 11.6 Å². The van der Waals surface area contributed by atoms with Gasteiger partial charge in [0.25, 0.3) is 0 Å². The second-order valence-corrected chi connectivity index (χ2v) is 7.29. The van der Waals surface area contributed by atoms with Gasteiger partial charge in [-0.2, -0.15) is 0 Å². The minimum absolute atomic E-state index is 0.0290. The summed E-state index contributed by atoms with van der Waals surface area (Å²) in [7, 11) is 3.57. The fourth-order valence-electron chi connectivity index (χ4n) is 3.35. The number of anilines is 1. The zero-order chi connectivity index (χ0) is 21.7. The molecule has 1 fully saturated rings. The van der Waals surface area contributed by atoms with E-state index < -0.39 is 5.82 Å². The monoisotopic (exact) mass is 414 g/mol. The molecule has 0 aromatic heterocycles. The number of carbonyl (C=O) groups is 2. The van der Waals surface area contributed by atoms with E-state index in [2.05, 4.69) is 4.90 Å². The molecule has 2 amide bonds. The third-order valence-electron chi connectivity index (χ3n) is 5.26. The molecule has 160 valence electrons. The number of piperazine rings is 1. The highest BCUT2D eigenvalue weighted by Crippen LogP contribution is 2.25. The van der Waals surface area contributed by atoms with E-state index in [0.29, 0.717) is 30.1 Å². The summed E-state index contributed by atoms with van der Waals surface area (Å²) in [6.07, 6.45) is 0. The molecule has 0 spiro atoms. The number of hydrogen-bond donors (Lipinski definition) is 1. The van der Waals surface area contributed by atoms with E-state index in [1.54, 1.807) is 36.3 Å². The summed E-state index contributed by atoms with van der Waals surface area (Å²) in [5.41, 5.74) is 6.51. The van der Waals surface area contributed by atoms with E-state index in [1.165, 1.54) is 23.1 Å². The van der Waals surface area contributed by atoms with Crippen molar-refractivity contribution in [3.05, 3.63) is 59.4 Å². The first-order valence-electron chi connectivity index (χ1n) is 9.83. The summed E-state index contributed by atoms with van der Waals surface area (Å²) in [5, 5.41) is 0. The van der Waals surface area contributed by atoms with Crippen molar-refractivity contribution in [2.75, 3.05) is 51.8 Å². The Hall–Kier alpha value is -2.97. The fourth-order valence-corrected chi connectivity index (χ4v) is 3.35. The molecule has 3 rings (SSSR count). The highest BCUT2D eigenvalue weighted by molar-refractivity contribution is 5.97. The molecule has 1 saturated heterocycles. The lowest BCUT2D eigenvalue weighted by molar-refractivity contribution is 0.100. The Morgan fingerprint density at radius 3 is 2.50 bits per heavy atom. The van der Waals surface area contributed by atoms with Crippen molar-refractivity contribution >= 4 is 17.5 Å². The number of hydrogen-bond acceptors (Lipinski definition) is 5. The molecule has 1 aliphatic rings. The van der Waals surface area contributed by atoms with Crippen molar-refractivity contribution in [1.29, 1.82) is 0 Å². The number of ketones is 1. The highest BCUT2D eigenvalue weighted by Gasteiger charge is 2.26. The number of likely N-dealkylation sites (N-methyl/N-ethyl adjacent to an activating group) is 1. The average Bonchev–Trinajstić information content (AvgIpc) is 2.77. The van der Waals surface area contributed by atoms with Crippen molar-refractivity contribution in [3.8, 4) is 5.75 Å². The van der Waals surface area contributed by atoms with Crippen molar-refractivity contribution in [2.24, 2.45) is 5.73 Å². The van der Waals surface area contributed by atoms with Crippen LogP contribution in [0.4, 0.5) is 14.9 Å². The Balaban J connectivity index is 1.91. The van der Waals surface area contributed by atoms with Gasteiger partial charge < -0.3 is 20.3 Å². The molecule has 1 aliphatic heterocycles. The molecule has 1 heterocycles. The van der Waals surface area contributed by atoms with Gasteiger partial charge in [-0.3, -0.25) is 9.69 Å². The van der Waals surface area contributed by atoms with Crippen molar-refractivity contribution in [1.82, 2.24) is 9.80 Å². The zero-order valence-corrected chi connectivity index (χ0v) is 17.3. The maximum Gasteiger partial charge on any atom is 0.324 e. The molecule has 8 heteroatoms. The van der Waals surface area contributed by atoms with Gasteiger partial charge in [0.15, 0.2) is 5.78 Å². The van der Waals surface area contributed by atoms with Gasteiger partial charge in [0, 0.05) is 49.1 Å². The summed E-state index contributed by atoms with van der Waals surface area (Å²) in [4.78, 5) is 30.6. The van der Waals surface area contributed by atoms with Crippen LogP contribution < -0.4 is 15.4 Å². The third kappa shape index (κ3) is 4.95. The Kier molecular flexibility index (Phi) is 7.02. The smallest absolute Gasteiger partial charge is 0.324 e. The van der Waals surface area contributed by atoms with Gasteiger partial charge in [0.2, 0.25) is 0 Å². The summed E-state index contributed by atoms with van der Waals surface area (Å²) in [6.45, 7) is 2.60. The van der Waals surface area contributed by atoms with Crippen molar-refractivity contribution < 1.29 is 18.7 Å². The maximum absolute atomic E-state index is 14.7. The van der Waals surface area contributed by atoms with Gasteiger partial charge >= 0.3 is 6.03 Å². The average molecular weight is 414 g/mol. The number of Topliss-reactive ketones (excluding diaryl/α,β-unsaturated/α-hetero) is 1. The van der Waals surface area contributed by atoms with Crippen LogP contribution in [0.2, 0.25) is 0 Å². The maximum atomic E-state index is 14.7. The van der Waals surface area contributed by atoms with Crippen LogP contribution >= 0.6 is 0 Å². The molecule has 0 bridgehead atoms. The fraction of sp³-hybridized carbons (Fsp3) is 0.364. The number of rotatable bonds is 6. The van der Waals surface area contributed by atoms with Crippen LogP contribution in [-0.2, 0) is 6.54 Å². The van der Waals surface area contributed by atoms with Gasteiger partial charge in [-0.25, -0.2) is 9.18 Å². The van der Waals surface area contributed by atoms with Crippen LogP contribution in [0.5, 0.6) is 5.75 Å². The van der Waals surface area contributed by atoms with Gasteiger partial charge in [0.05, 0.1) is 20.2 Å². The van der Waals surface area contributed by atoms with Crippen LogP contribution in [0, 0.1) is 5.82 Å². The van der Waals surface area contributed by atoms with Gasteiger partial charge in [-0.15, -0.1) is 0 Å². The van der Waals surface area contributed by atoms with E-state index in [0.717, 1.165) is 13.1 Å². The second-order valence-electron chi connectivity index (χ2n) is 7.29. The zero-order valence-electron chi connectivity index (χ0n) is 17.3. The predicted octanol–water partition coefficient (Wildman–Crippen LogP) is 2.35. The molecule has 2 N–H and O–H groups in total. The molecule has 0 atom stereocenters. The first-order valence-corrected chi connectivity index (χ1v) is 9.83. The van der Waals surface area contributed by atoms with Crippen LogP contribution in [0.1, 0.15) is 15.9 Å². The Morgan fingerprint density at radius 1 is 1.13 bits per heavy atom. The van der Waals surface area contributed by atoms with Crippen LogP contribution in [-0.4, -0.2) is 68.5 Å². The van der Waals surface area contributed by atoms with E-state index >= 15 is 0 Å². The molecule has 7 nitrogen and oxygen atoms in total. The minimum atomic E-state index is -0.548. The summed E-state index contributed by atoms with van der Waals surface area (Å²) in [5.74, 6) is -0.278. The highest BCUT2D eigenvalue weighted by atomic mass is 19.1. The third-order valence-corrected chi connectivity index (χ3v) is 5.26. The number of carbonyl (C=O) groups excluding carboxylic acids is 2. The SMILES string of the molecule is COc1cccc(N(Cc2ccc(C(=O)CN)cc2F)C(=O)N2CCN(C)CC2)c1. The standard InChI is InChI=1S/C22H27FN4O3/c1-25-8-10-26(11-9-25)22(29)27(18-4-3-5-19(13-18)30-2)15-17-7-6-16(12-20(17)23)21(28)14-24/h3-7,12-13H,8-11,14-15,24H2,1-2H3. The number of ether oxygens (including phenoxy) is 1. The molecule has 0 saturated carbocycles. The number of benzene rings is 2. The first-order chi connectivity index (χ1) is 14.4. The van der Waals surface area contributed by atoms with Gasteiger partial charge in [-0.05, 0) is 25.2 Å². The first kappa shape index (κ1) is 21.7. The minimum Gasteiger partial charge on any atom is -0.497 e. The molecular weight excluding hydrogens is 387 g/mol. The molecule has 0 unspecified atom stereocenters. The number of halogens is 1. The molecule has 30 heavy (non-hydrogen) atoms. The molecule has 2 aromatic carbocycles. The summed E-state index contributed by atoms with van der Waals surface area (Å²) < 4.78 is 20.0. The van der Waals surface area contributed by atoms with Gasteiger partial charge in [-0.1, -0.05) is 18.2 Å². The summed E-state index contributed by atoms with van der Waals surface area (Å²) in [6, 6.07) is 11.2. The Morgan fingerprint density at radius 2 is 1.87 bits per heavy atom. The van der Waals surface area contributed by atoms with Crippen LogP contribution in [0.3, 0.4) is 0 Å². The number of amides is 2. The molecule has 2 aromatic rings. The van der Waals surface area contributed by atoms with E-state index in [1.807, 2.05) is 7.05 Å². The normalized spacial score (nSPS) is 14.5. The lowest BCUT2D eigenvalue weighted by Crippen LogP contribution is -2.52. The number of methoxy groups -OCH3 is 1. The Bertz CT molecular complexity index is 913. The molecular formula is C22H27FN4O3. The van der Waals surface area contributed by atoms with Crippen LogP contribution in [0.25, 0.3) is 0 Å². The van der Waals surface area contributed by atoms with E-state index in [4.69, 9.17) is 10.5 Å². The summed E-state index contributed by atoms with van der Waals surface area (Å²) >= 11 is 0. The lowest BCUT2D eigenvalue weighted by Gasteiger charge is -2.36. The van der Waals surface area contributed by atoms with Crippen molar-refractivity contribution in [3.63, 3.8) is 0 Å². The Labute approximate surface area is 175 Å². The molecule has 0 radical (unpaired) electrons. The topological polar surface area (TPSA) is 79.1 Å². The number of nitrogens with zero attached hydrogens (tertiary/aromatic N) is 3. The largest absolute Gasteiger partial charge is 0.497 e. The molecule has 0 aliphatic carbocycles. The van der Waals surface area contributed by atoms with E-state index in [9.17, 15) is 14.0 Å². The number of nitrogens with two attached hydrogens (primary N) is 1. The van der Waals surface area contributed by atoms with Crippen molar-refractivity contribution in [2.45, 2.75) is 6.54 Å².